The maximum Gasteiger partial charge on any atom is 0.0682 e. The van der Waals surface area contributed by atoms with Crippen molar-refractivity contribution >= 4 is 5.69 Å². The number of benzene rings is 1. The van der Waals surface area contributed by atoms with E-state index in [1.54, 1.807) is 0 Å². The molecule has 2 heteroatoms. The fraction of sp³-hybridized carbons (Fsp3) is 0.500. The van der Waals surface area contributed by atoms with Crippen molar-refractivity contribution in [1.29, 1.82) is 0 Å². The van der Waals surface area contributed by atoms with Gasteiger partial charge in [0.05, 0.1) is 5.60 Å². The first-order valence-corrected chi connectivity index (χ1v) is 4.83. The lowest BCUT2D eigenvalue weighted by Gasteiger charge is -2.37. The van der Waals surface area contributed by atoms with Crippen LogP contribution in [0.5, 0.6) is 0 Å². The van der Waals surface area contributed by atoms with Crippen LogP contribution in [0.4, 0.5) is 5.69 Å². The summed E-state index contributed by atoms with van der Waals surface area (Å²) in [5, 5.41) is 10.0. The summed E-state index contributed by atoms with van der Waals surface area (Å²) in [4.78, 5) is 0. The molecule has 0 aliphatic carbocycles. The van der Waals surface area contributed by atoms with E-state index in [2.05, 4.69) is 0 Å². The molecule has 0 bridgehead atoms. The average Bonchev–Trinajstić information content (AvgIpc) is 2.03. The zero-order valence-corrected chi connectivity index (χ0v) is 9.33. The molecule has 0 aliphatic rings. The highest BCUT2D eigenvalue weighted by atomic mass is 16.3. The van der Waals surface area contributed by atoms with Crippen LogP contribution in [0.15, 0.2) is 24.3 Å². The zero-order chi connectivity index (χ0) is 11.0. The Hall–Kier alpha value is -1.02. The van der Waals surface area contributed by atoms with Crippen molar-refractivity contribution < 1.29 is 5.11 Å². The third-order valence-electron chi connectivity index (χ3n) is 3.16. The second kappa shape index (κ2) is 3.28. The van der Waals surface area contributed by atoms with E-state index < -0.39 is 5.60 Å². The number of hydrogen-bond donors (Lipinski definition) is 2. The molecule has 0 aliphatic heterocycles. The summed E-state index contributed by atoms with van der Waals surface area (Å²) in [5.41, 5.74) is 6.44. The molecule has 0 radical (unpaired) electrons. The molecule has 0 heterocycles. The molecule has 0 saturated carbocycles. The Bertz CT molecular complexity index is 306. The molecular weight excluding hydrogens is 174 g/mol. The van der Waals surface area contributed by atoms with Gasteiger partial charge in [-0.25, -0.2) is 0 Å². The number of aliphatic hydroxyl groups is 1. The first kappa shape index (κ1) is 11.1. The summed E-state index contributed by atoms with van der Waals surface area (Å²) in [6, 6.07) is 7.66. The van der Waals surface area contributed by atoms with Crippen molar-refractivity contribution in [1.82, 2.24) is 0 Å². The van der Waals surface area contributed by atoms with Crippen LogP contribution in [-0.2, 0) is 5.41 Å². The van der Waals surface area contributed by atoms with Gasteiger partial charge in [-0.2, -0.15) is 0 Å². The molecule has 14 heavy (non-hydrogen) atoms. The van der Waals surface area contributed by atoms with Gasteiger partial charge in [-0.05, 0) is 31.5 Å². The van der Waals surface area contributed by atoms with E-state index in [0.29, 0.717) is 0 Å². The minimum absolute atomic E-state index is 0.277. The highest BCUT2D eigenvalue weighted by Crippen LogP contribution is 2.34. The molecule has 0 aromatic heterocycles. The number of nitrogens with two attached hydrogens (primary N) is 1. The largest absolute Gasteiger partial charge is 0.399 e. The van der Waals surface area contributed by atoms with Gasteiger partial charge in [-0.15, -0.1) is 0 Å². The van der Waals surface area contributed by atoms with E-state index in [4.69, 9.17) is 5.73 Å². The summed E-state index contributed by atoms with van der Waals surface area (Å²) < 4.78 is 0. The van der Waals surface area contributed by atoms with E-state index in [1.807, 2.05) is 52.0 Å². The second-order valence-corrected chi connectivity index (χ2v) is 4.81. The SMILES string of the molecule is CC(C)(O)C(C)(C)c1ccc(N)cc1. The van der Waals surface area contributed by atoms with Gasteiger partial charge in [-0.1, -0.05) is 26.0 Å². The molecule has 0 fully saturated rings. The molecule has 78 valence electrons. The van der Waals surface area contributed by atoms with Crippen LogP contribution in [0.1, 0.15) is 33.3 Å². The molecule has 1 aromatic rings. The van der Waals surface area contributed by atoms with Crippen molar-refractivity contribution in [2.24, 2.45) is 0 Å². The predicted octanol–water partition coefficient (Wildman–Crippen LogP) is 2.32. The van der Waals surface area contributed by atoms with Crippen molar-refractivity contribution in [3.8, 4) is 0 Å². The van der Waals surface area contributed by atoms with Gasteiger partial charge in [0.2, 0.25) is 0 Å². The fourth-order valence-corrected chi connectivity index (χ4v) is 1.25. The van der Waals surface area contributed by atoms with Crippen LogP contribution in [0.3, 0.4) is 0 Å². The van der Waals surface area contributed by atoms with E-state index in [0.717, 1.165) is 11.3 Å². The fourth-order valence-electron chi connectivity index (χ4n) is 1.25. The molecule has 0 atom stereocenters. The minimum Gasteiger partial charge on any atom is -0.399 e. The lowest BCUT2D eigenvalue weighted by Crippen LogP contribution is -2.42. The van der Waals surface area contributed by atoms with Crippen LogP contribution in [0, 0.1) is 0 Å². The molecule has 0 unspecified atom stereocenters. The lowest BCUT2D eigenvalue weighted by atomic mass is 9.72. The van der Waals surface area contributed by atoms with Crippen LogP contribution >= 0.6 is 0 Å². The molecule has 0 saturated heterocycles. The smallest absolute Gasteiger partial charge is 0.0682 e. The van der Waals surface area contributed by atoms with Gasteiger partial charge in [0, 0.05) is 11.1 Å². The summed E-state index contributed by atoms with van der Waals surface area (Å²) in [7, 11) is 0. The molecule has 0 spiro atoms. The Labute approximate surface area is 85.8 Å². The highest BCUT2D eigenvalue weighted by Gasteiger charge is 2.36. The van der Waals surface area contributed by atoms with Gasteiger partial charge in [0.25, 0.3) is 0 Å². The van der Waals surface area contributed by atoms with Crippen LogP contribution < -0.4 is 5.73 Å². The van der Waals surface area contributed by atoms with Gasteiger partial charge < -0.3 is 10.8 Å². The first-order valence-electron chi connectivity index (χ1n) is 4.83. The van der Waals surface area contributed by atoms with Crippen molar-refractivity contribution in [3.63, 3.8) is 0 Å². The molecule has 2 nitrogen and oxygen atoms in total. The number of nitrogen functional groups attached to an aromatic ring is 1. The number of anilines is 1. The Kier molecular flexibility index (Phi) is 2.59. The Balaban J connectivity index is 3.10. The van der Waals surface area contributed by atoms with Crippen molar-refractivity contribution in [2.45, 2.75) is 38.7 Å². The standard InChI is InChI=1S/C12H19NO/c1-11(2,12(3,4)14)9-5-7-10(13)8-6-9/h5-8,14H,13H2,1-4H3. The zero-order valence-electron chi connectivity index (χ0n) is 9.33. The quantitative estimate of drug-likeness (QED) is 0.708. The predicted molar refractivity (Wildman–Crippen MR) is 60.2 cm³/mol. The first-order chi connectivity index (χ1) is 6.25. The van der Waals surface area contributed by atoms with Gasteiger partial charge in [0.1, 0.15) is 0 Å². The van der Waals surface area contributed by atoms with Crippen LogP contribution in [0.2, 0.25) is 0 Å². The van der Waals surface area contributed by atoms with Gasteiger partial charge >= 0.3 is 0 Å². The molecule has 1 rings (SSSR count). The maximum absolute atomic E-state index is 10.0. The third-order valence-corrected chi connectivity index (χ3v) is 3.16. The Morgan fingerprint density at radius 2 is 1.43 bits per heavy atom. The Morgan fingerprint density at radius 3 is 1.79 bits per heavy atom. The van der Waals surface area contributed by atoms with E-state index >= 15 is 0 Å². The van der Waals surface area contributed by atoms with E-state index in [9.17, 15) is 5.11 Å². The molecule has 0 amide bonds. The molecule has 1 aromatic carbocycles. The van der Waals surface area contributed by atoms with Crippen LogP contribution in [0.25, 0.3) is 0 Å². The minimum atomic E-state index is -0.747. The van der Waals surface area contributed by atoms with E-state index in [1.165, 1.54) is 0 Å². The Morgan fingerprint density at radius 1 is 1.00 bits per heavy atom. The number of hydrogen-bond acceptors (Lipinski definition) is 2. The van der Waals surface area contributed by atoms with Crippen molar-refractivity contribution in [2.75, 3.05) is 5.73 Å². The molecular formula is C12H19NO. The van der Waals surface area contributed by atoms with Crippen LogP contribution in [-0.4, -0.2) is 10.7 Å². The highest BCUT2D eigenvalue weighted by molar-refractivity contribution is 5.42. The topological polar surface area (TPSA) is 46.2 Å². The lowest BCUT2D eigenvalue weighted by molar-refractivity contribution is 0.00964. The third kappa shape index (κ3) is 1.90. The van der Waals surface area contributed by atoms with Crippen molar-refractivity contribution in [3.05, 3.63) is 29.8 Å². The summed E-state index contributed by atoms with van der Waals surface area (Å²) in [5.74, 6) is 0. The second-order valence-electron chi connectivity index (χ2n) is 4.81. The average molecular weight is 193 g/mol. The van der Waals surface area contributed by atoms with Gasteiger partial charge in [-0.3, -0.25) is 0 Å². The summed E-state index contributed by atoms with van der Waals surface area (Å²) >= 11 is 0. The normalized spacial score (nSPS) is 12.9. The summed E-state index contributed by atoms with van der Waals surface area (Å²) in [6.45, 7) is 7.70. The number of rotatable bonds is 2. The molecule has 3 N–H and O–H groups in total. The summed E-state index contributed by atoms with van der Waals surface area (Å²) in [6.07, 6.45) is 0. The van der Waals surface area contributed by atoms with Gasteiger partial charge in [0.15, 0.2) is 0 Å². The van der Waals surface area contributed by atoms with E-state index in [-0.39, 0.29) is 5.41 Å². The maximum atomic E-state index is 10.0. The monoisotopic (exact) mass is 193 g/mol.